The third-order valence-corrected chi connectivity index (χ3v) is 5.66. The molecule has 144 valence electrons. The van der Waals surface area contributed by atoms with Crippen molar-refractivity contribution in [2.45, 2.75) is 64.2 Å². The lowest BCUT2D eigenvalue weighted by atomic mass is 9.94. The quantitative estimate of drug-likeness (QED) is 0.895. The van der Waals surface area contributed by atoms with E-state index in [0.717, 1.165) is 44.7 Å². The van der Waals surface area contributed by atoms with Crippen LogP contribution in [0.3, 0.4) is 0 Å². The van der Waals surface area contributed by atoms with Crippen molar-refractivity contribution in [3.63, 3.8) is 0 Å². The standard InChI is InChI=1S/C20H32N4O2/c1-16-21-18(14-19(25)22-16)17-8-7-12-24(15-17)20(26)9-13-23-10-5-3-2-4-6-11-23/h14,17H,2-13,15H2,1H3,(H,21,22,25). The number of aromatic amines is 1. The number of aromatic nitrogens is 2. The molecule has 3 heterocycles. The SMILES string of the molecule is Cc1nc(C2CCCN(C(=O)CCN3CCCCCCC3)C2)cc(=O)[nH]1. The molecule has 1 amide bonds. The monoisotopic (exact) mass is 360 g/mol. The molecule has 0 spiro atoms. The van der Waals surface area contributed by atoms with Crippen LogP contribution in [-0.4, -0.2) is 58.4 Å². The Kier molecular flexibility index (Phi) is 6.83. The molecule has 2 aliphatic heterocycles. The van der Waals surface area contributed by atoms with E-state index >= 15 is 0 Å². The topological polar surface area (TPSA) is 69.3 Å². The van der Waals surface area contributed by atoms with E-state index in [4.69, 9.17) is 0 Å². The van der Waals surface area contributed by atoms with E-state index in [1.54, 1.807) is 13.0 Å². The Morgan fingerprint density at radius 3 is 2.62 bits per heavy atom. The van der Waals surface area contributed by atoms with Gasteiger partial charge in [0.2, 0.25) is 5.91 Å². The van der Waals surface area contributed by atoms with E-state index < -0.39 is 0 Å². The molecule has 0 aromatic carbocycles. The van der Waals surface area contributed by atoms with Gasteiger partial charge in [0.05, 0.1) is 5.69 Å². The highest BCUT2D eigenvalue weighted by molar-refractivity contribution is 5.76. The van der Waals surface area contributed by atoms with Crippen LogP contribution in [0.5, 0.6) is 0 Å². The molecule has 1 atom stereocenters. The summed E-state index contributed by atoms with van der Waals surface area (Å²) in [5.74, 6) is 1.07. The van der Waals surface area contributed by atoms with E-state index in [1.165, 1.54) is 32.1 Å². The first-order valence-corrected chi connectivity index (χ1v) is 10.2. The van der Waals surface area contributed by atoms with E-state index in [9.17, 15) is 9.59 Å². The predicted molar refractivity (Wildman–Crippen MR) is 102 cm³/mol. The maximum Gasteiger partial charge on any atom is 0.251 e. The number of carbonyl (C=O) groups excluding carboxylic acids is 1. The van der Waals surface area contributed by atoms with Crippen LogP contribution in [0.15, 0.2) is 10.9 Å². The molecule has 1 N–H and O–H groups in total. The molecule has 0 saturated carbocycles. The van der Waals surface area contributed by atoms with Crippen molar-refractivity contribution >= 4 is 5.91 Å². The number of nitrogens with one attached hydrogen (secondary N) is 1. The zero-order chi connectivity index (χ0) is 18.4. The summed E-state index contributed by atoms with van der Waals surface area (Å²) >= 11 is 0. The lowest BCUT2D eigenvalue weighted by molar-refractivity contribution is -0.132. The number of amides is 1. The molecule has 1 aromatic heterocycles. The minimum Gasteiger partial charge on any atom is -0.342 e. The average Bonchev–Trinajstić information content (AvgIpc) is 2.60. The third kappa shape index (κ3) is 5.40. The van der Waals surface area contributed by atoms with Gasteiger partial charge in [-0.15, -0.1) is 0 Å². The van der Waals surface area contributed by atoms with Crippen molar-refractivity contribution < 1.29 is 4.79 Å². The van der Waals surface area contributed by atoms with Gasteiger partial charge in [0.15, 0.2) is 0 Å². The smallest absolute Gasteiger partial charge is 0.251 e. The maximum absolute atomic E-state index is 12.7. The van der Waals surface area contributed by atoms with Gasteiger partial charge in [0.25, 0.3) is 5.56 Å². The molecule has 1 aromatic rings. The third-order valence-electron chi connectivity index (χ3n) is 5.66. The summed E-state index contributed by atoms with van der Waals surface area (Å²) < 4.78 is 0. The van der Waals surface area contributed by atoms with Gasteiger partial charge in [-0.3, -0.25) is 9.59 Å². The molecule has 26 heavy (non-hydrogen) atoms. The number of likely N-dealkylation sites (tertiary alicyclic amines) is 2. The first kappa shape index (κ1) is 19.1. The van der Waals surface area contributed by atoms with Crippen molar-refractivity contribution in [3.8, 4) is 0 Å². The van der Waals surface area contributed by atoms with E-state index in [0.29, 0.717) is 18.8 Å². The minimum atomic E-state index is -0.104. The predicted octanol–water partition coefficient (Wildman–Crippen LogP) is 2.44. The maximum atomic E-state index is 12.7. The van der Waals surface area contributed by atoms with E-state index in [-0.39, 0.29) is 17.4 Å². The second-order valence-corrected chi connectivity index (χ2v) is 7.79. The number of carbonyl (C=O) groups is 1. The first-order valence-electron chi connectivity index (χ1n) is 10.2. The van der Waals surface area contributed by atoms with Crippen molar-refractivity contribution in [2.75, 3.05) is 32.7 Å². The summed E-state index contributed by atoms with van der Waals surface area (Å²) in [6.07, 6.45) is 9.09. The Bertz CT molecular complexity index is 649. The van der Waals surface area contributed by atoms with Crippen LogP contribution >= 0.6 is 0 Å². The summed E-state index contributed by atoms with van der Waals surface area (Å²) in [6.45, 7) is 6.46. The fraction of sp³-hybridized carbons (Fsp3) is 0.750. The molecule has 0 radical (unpaired) electrons. The molecule has 1 unspecified atom stereocenters. The summed E-state index contributed by atoms with van der Waals surface area (Å²) in [7, 11) is 0. The molecule has 3 rings (SSSR count). The highest BCUT2D eigenvalue weighted by atomic mass is 16.2. The lowest BCUT2D eigenvalue weighted by Crippen LogP contribution is -2.41. The number of piperidine rings is 1. The van der Waals surface area contributed by atoms with Crippen LogP contribution in [0.1, 0.15) is 68.8 Å². The number of rotatable bonds is 4. The molecule has 6 heteroatoms. The van der Waals surface area contributed by atoms with Crippen LogP contribution < -0.4 is 5.56 Å². The van der Waals surface area contributed by atoms with Gasteiger partial charge < -0.3 is 14.8 Å². The van der Waals surface area contributed by atoms with Crippen LogP contribution in [0.2, 0.25) is 0 Å². The number of hydrogen-bond donors (Lipinski definition) is 1. The van der Waals surface area contributed by atoms with Gasteiger partial charge in [-0.1, -0.05) is 19.3 Å². The first-order chi connectivity index (χ1) is 12.6. The van der Waals surface area contributed by atoms with Crippen LogP contribution in [0, 0.1) is 6.92 Å². The Balaban J connectivity index is 1.53. The van der Waals surface area contributed by atoms with E-state index in [2.05, 4.69) is 14.9 Å². The molecular weight excluding hydrogens is 328 g/mol. The highest BCUT2D eigenvalue weighted by Gasteiger charge is 2.26. The number of H-pyrrole nitrogens is 1. The molecule has 2 fully saturated rings. The summed E-state index contributed by atoms with van der Waals surface area (Å²) in [6, 6.07) is 1.59. The van der Waals surface area contributed by atoms with Crippen LogP contribution in [-0.2, 0) is 4.79 Å². The fourth-order valence-corrected chi connectivity index (χ4v) is 4.21. The summed E-state index contributed by atoms with van der Waals surface area (Å²) in [5, 5.41) is 0. The number of hydrogen-bond acceptors (Lipinski definition) is 4. The molecule has 0 aliphatic carbocycles. The van der Waals surface area contributed by atoms with Crippen LogP contribution in [0.4, 0.5) is 0 Å². The minimum absolute atomic E-state index is 0.104. The second kappa shape index (κ2) is 9.31. The van der Waals surface area contributed by atoms with Gasteiger partial charge >= 0.3 is 0 Å². The van der Waals surface area contributed by atoms with Gasteiger partial charge in [0.1, 0.15) is 5.82 Å². The largest absolute Gasteiger partial charge is 0.342 e. The fourth-order valence-electron chi connectivity index (χ4n) is 4.21. The van der Waals surface area contributed by atoms with Crippen molar-refractivity contribution in [1.29, 1.82) is 0 Å². The Morgan fingerprint density at radius 2 is 1.88 bits per heavy atom. The molecule has 6 nitrogen and oxygen atoms in total. The van der Waals surface area contributed by atoms with Gasteiger partial charge in [-0.05, 0) is 45.7 Å². The Labute approximate surface area is 156 Å². The number of aryl methyl sites for hydroxylation is 1. The Hall–Kier alpha value is -1.69. The average molecular weight is 361 g/mol. The molecule has 2 saturated heterocycles. The summed E-state index contributed by atoms with van der Waals surface area (Å²) in [4.78, 5) is 36.1. The lowest BCUT2D eigenvalue weighted by Gasteiger charge is -2.33. The highest BCUT2D eigenvalue weighted by Crippen LogP contribution is 2.25. The summed E-state index contributed by atoms with van der Waals surface area (Å²) in [5.41, 5.74) is 0.723. The second-order valence-electron chi connectivity index (χ2n) is 7.79. The van der Waals surface area contributed by atoms with Gasteiger partial charge in [-0.2, -0.15) is 0 Å². The zero-order valence-corrected chi connectivity index (χ0v) is 16.0. The normalized spacial score (nSPS) is 22.7. The van der Waals surface area contributed by atoms with Gasteiger partial charge in [0, 0.05) is 38.0 Å². The number of nitrogens with zero attached hydrogens (tertiary/aromatic N) is 3. The molecular formula is C20H32N4O2. The van der Waals surface area contributed by atoms with E-state index in [1.807, 2.05) is 4.90 Å². The van der Waals surface area contributed by atoms with Crippen molar-refractivity contribution in [1.82, 2.24) is 19.8 Å². The van der Waals surface area contributed by atoms with Gasteiger partial charge in [-0.25, -0.2) is 4.98 Å². The molecule has 0 bridgehead atoms. The zero-order valence-electron chi connectivity index (χ0n) is 16.0. The van der Waals surface area contributed by atoms with Crippen molar-refractivity contribution in [2.24, 2.45) is 0 Å². The van der Waals surface area contributed by atoms with Crippen LogP contribution in [0.25, 0.3) is 0 Å². The molecule has 2 aliphatic rings. The van der Waals surface area contributed by atoms with Crippen molar-refractivity contribution in [3.05, 3.63) is 27.9 Å². The Morgan fingerprint density at radius 1 is 1.15 bits per heavy atom.